The van der Waals surface area contributed by atoms with Crippen LogP contribution in [-0.2, 0) is 6.54 Å². The van der Waals surface area contributed by atoms with E-state index in [0.717, 1.165) is 24.7 Å². The van der Waals surface area contributed by atoms with Crippen LogP contribution >= 0.6 is 0 Å². The maximum atomic E-state index is 13.7. The first-order chi connectivity index (χ1) is 9.20. The van der Waals surface area contributed by atoms with Gasteiger partial charge in [-0.15, -0.1) is 0 Å². The summed E-state index contributed by atoms with van der Waals surface area (Å²) in [6, 6.07) is 13.6. The summed E-state index contributed by atoms with van der Waals surface area (Å²) in [5, 5.41) is 0. The van der Waals surface area contributed by atoms with Gasteiger partial charge >= 0.3 is 0 Å². The number of anilines is 1. The smallest absolute Gasteiger partial charge is 0.131 e. The van der Waals surface area contributed by atoms with E-state index in [1.54, 1.807) is 0 Å². The van der Waals surface area contributed by atoms with Crippen molar-refractivity contribution in [3.8, 4) is 0 Å². The lowest BCUT2D eigenvalue weighted by molar-refractivity contribution is 0.568. The fourth-order valence-electron chi connectivity index (χ4n) is 2.06. The minimum Gasteiger partial charge on any atom is -0.367 e. The number of rotatable bonds is 5. The molecular weight excluding hydrogens is 244 g/mol. The van der Waals surface area contributed by atoms with Gasteiger partial charge < -0.3 is 4.90 Å². The van der Waals surface area contributed by atoms with Gasteiger partial charge in [0.2, 0.25) is 0 Å². The molecule has 0 saturated heterocycles. The predicted molar refractivity (Wildman–Crippen MR) is 74.1 cm³/mol. The molecule has 100 valence electrons. The van der Waals surface area contributed by atoms with E-state index in [1.165, 1.54) is 12.1 Å². The van der Waals surface area contributed by atoms with Crippen LogP contribution in [-0.4, -0.2) is 6.54 Å². The van der Waals surface area contributed by atoms with E-state index < -0.39 is 11.6 Å². The average molecular weight is 261 g/mol. The zero-order chi connectivity index (χ0) is 13.7. The minimum absolute atomic E-state index is 0.448. The molecule has 0 aliphatic heterocycles. The van der Waals surface area contributed by atoms with Crippen molar-refractivity contribution in [1.82, 2.24) is 0 Å². The van der Waals surface area contributed by atoms with Crippen molar-refractivity contribution in [3.05, 3.63) is 65.7 Å². The first-order valence-electron chi connectivity index (χ1n) is 6.44. The Morgan fingerprint density at radius 3 is 2.37 bits per heavy atom. The second-order valence-electron chi connectivity index (χ2n) is 4.49. The largest absolute Gasteiger partial charge is 0.367 e. The summed E-state index contributed by atoms with van der Waals surface area (Å²) in [4.78, 5) is 2.09. The molecule has 0 aliphatic carbocycles. The molecule has 0 aliphatic rings. The molecule has 0 aromatic heterocycles. The van der Waals surface area contributed by atoms with Gasteiger partial charge in [0.15, 0.2) is 0 Å². The van der Waals surface area contributed by atoms with Crippen LogP contribution < -0.4 is 4.90 Å². The van der Waals surface area contributed by atoms with Gasteiger partial charge in [0.05, 0.1) is 0 Å². The molecule has 0 bridgehead atoms. The third-order valence-corrected chi connectivity index (χ3v) is 2.99. The summed E-state index contributed by atoms with van der Waals surface area (Å²) in [5.41, 5.74) is 1.56. The zero-order valence-corrected chi connectivity index (χ0v) is 10.9. The third kappa shape index (κ3) is 3.53. The molecule has 0 spiro atoms. The van der Waals surface area contributed by atoms with E-state index in [0.29, 0.717) is 12.1 Å². The molecule has 0 N–H and O–H groups in total. The molecule has 0 fully saturated rings. The Kier molecular flexibility index (Phi) is 4.50. The van der Waals surface area contributed by atoms with Crippen molar-refractivity contribution >= 4 is 5.69 Å². The summed E-state index contributed by atoms with van der Waals surface area (Å²) in [5.74, 6) is -1.03. The second-order valence-corrected chi connectivity index (χ2v) is 4.49. The highest BCUT2D eigenvalue weighted by Crippen LogP contribution is 2.19. The lowest BCUT2D eigenvalue weighted by Crippen LogP contribution is -2.24. The maximum absolute atomic E-state index is 13.7. The minimum atomic E-state index is -0.539. The van der Waals surface area contributed by atoms with Gasteiger partial charge in [-0.1, -0.05) is 31.2 Å². The first kappa shape index (κ1) is 13.5. The molecule has 1 nitrogen and oxygen atoms in total. The Hall–Kier alpha value is -1.90. The van der Waals surface area contributed by atoms with Gasteiger partial charge in [-0.25, -0.2) is 8.78 Å². The highest BCUT2D eigenvalue weighted by Gasteiger charge is 2.10. The van der Waals surface area contributed by atoms with Gasteiger partial charge in [0.1, 0.15) is 11.6 Å². The maximum Gasteiger partial charge on any atom is 0.131 e. The van der Waals surface area contributed by atoms with Crippen LogP contribution in [0.3, 0.4) is 0 Å². The Bertz CT molecular complexity index is 526. The van der Waals surface area contributed by atoms with Crippen molar-refractivity contribution in [1.29, 1.82) is 0 Å². The summed E-state index contributed by atoms with van der Waals surface area (Å²) >= 11 is 0. The van der Waals surface area contributed by atoms with E-state index in [1.807, 2.05) is 30.3 Å². The van der Waals surface area contributed by atoms with E-state index in [-0.39, 0.29) is 0 Å². The molecule has 19 heavy (non-hydrogen) atoms. The number of para-hydroxylation sites is 1. The van der Waals surface area contributed by atoms with Crippen LogP contribution in [0.4, 0.5) is 14.5 Å². The third-order valence-electron chi connectivity index (χ3n) is 2.99. The Morgan fingerprint density at radius 2 is 1.74 bits per heavy atom. The van der Waals surface area contributed by atoms with Crippen LogP contribution in [0.5, 0.6) is 0 Å². The van der Waals surface area contributed by atoms with Crippen LogP contribution in [0, 0.1) is 11.6 Å². The van der Waals surface area contributed by atoms with Crippen molar-refractivity contribution in [2.75, 3.05) is 11.4 Å². The molecule has 0 saturated carbocycles. The molecule has 0 unspecified atom stereocenters. The summed E-state index contributed by atoms with van der Waals surface area (Å²) in [7, 11) is 0. The molecular formula is C16H17F2N. The van der Waals surface area contributed by atoms with Crippen molar-refractivity contribution in [3.63, 3.8) is 0 Å². The molecule has 0 heterocycles. The molecule has 3 heteroatoms. The first-order valence-corrected chi connectivity index (χ1v) is 6.44. The highest BCUT2D eigenvalue weighted by molar-refractivity contribution is 5.46. The van der Waals surface area contributed by atoms with Crippen LogP contribution in [0.25, 0.3) is 0 Å². The fraction of sp³-hybridized carbons (Fsp3) is 0.250. The van der Waals surface area contributed by atoms with E-state index in [4.69, 9.17) is 0 Å². The normalized spacial score (nSPS) is 10.5. The molecule has 2 rings (SSSR count). The van der Waals surface area contributed by atoms with Crippen LogP contribution in [0.15, 0.2) is 48.5 Å². The van der Waals surface area contributed by atoms with E-state index >= 15 is 0 Å². The van der Waals surface area contributed by atoms with Gasteiger partial charge in [0, 0.05) is 30.4 Å². The van der Waals surface area contributed by atoms with Crippen LogP contribution in [0.2, 0.25) is 0 Å². The number of benzene rings is 2. The van der Waals surface area contributed by atoms with Gasteiger partial charge in [-0.2, -0.15) is 0 Å². The topological polar surface area (TPSA) is 3.24 Å². The Balaban J connectivity index is 2.21. The molecule has 0 amide bonds. The molecule has 2 aromatic carbocycles. The molecule has 0 atom stereocenters. The van der Waals surface area contributed by atoms with Gasteiger partial charge in [-0.05, 0) is 24.6 Å². The van der Waals surface area contributed by atoms with E-state index in [2.05, 4.69) is 11.8 Å². The van der Waals surface area contributed by atoms with Crippen molar-refractivity contribution in [2.24, 2.45) is 0 Å². The number of nitrogens with zero attached hydrogens (tertiary/aromatic N) is 1. The quantitative estimate of drug-likeness (QED) is 0.772. The number of hydrogen-bond acceptors (Lipinski definition) is 1. The zero-order valence-electron chi connectivity index (χ0n) is 10.9. The molecule has 0 radical (unpaired) electrons. The average Bonchev–Trinajstić information content (AvgIpc) is 2.42. The monoisotopic (exact) mass is 261 g/mol. The van der Waals surface area contributed by atoms with Crippen molar-refractivity contribution in [2.45, 2.75) is 19.9 Å². The van der Waals surface area contributed by atoms with Crippen LogP contribution in [0.1, 0.15) is 18.9 Å². The van der Waals surface area contributed by atoms with Gasteiger partial charge in [-0.3, -0.25) is 0 Å². The van der Waals surface area contributed by atoms with Crippen molar-refractivity contribution < 1.29 is 8.78 Å². The Labute approximate surface area is 112 Å². The molecule has 2 aromatic rings. The second kappa shape index (κ2) is 6.32. The van der Waals surface area contributed by atoms with E-state index in [9.17, 15) is 8.78 Å². The standard InChI is InChI=1S/C16H17F2N/c1-2-10-19(15-6-4-3-5-7-15)12-13-8-9-14(17)11-16(13)18/h3-9,11H,2,10,12H2,1H3. The Morgan fingerprint density at radius 1 is 1.00 bits per heavy atom. The number of hydrogen-bond donors (Lipinski definition) is 0. The SMILES string of the molecule is CCCN(Cc1ccc(F)cc1F)c1ccccc1. The fourth-order valence-corrected chi connectivity index (χ4v) is 2.06. The summed E-state index contributed by atoms with van der Waals surface area (Å²) < 4.78 is 26.6. The highest BCUT2D eigenvalue weighted by atomic mass is 19.1. The van der Waals surface area contributed by atoms with Gasteiger partial charge in [0.25, 0.3) is 0 Å². The summed E-state index contributed by atoms with van der Waals surface area (Å²) in [6.07, 6.45) is 0.970. The predicted octanol–water partition coefficient (Wildman–Crippen LogP) is 4.38. The summed E-state index contributed by atoms with van der Waals surface area (Å²) in [6.45, 7) is 3.36. The number of halogens is 2. The lowest BCUT2D eigenvalue weighted by Gasteiger charge is -2.24. The lowest BCUT2D eigenvalue weighted by atomic mass is 10.1.